The molecule has 0 saturated carbocycles. The minimum Gasteiger partial charge on any atom is -0.378 e. The normalized spacial score (nSPS) is 40.5. The average molecular weight is 171 g/mol. The molecule has 2 fully saturated rings. The SMILES string of the molecule is CC1(C)OCCC12COCCN2. The van der Waals surface area contributed by atoms with E-state index in [1.165, 1.54) is 0 Å². The van der Waals surface area contributed by atoms with Crippen molar-refractivity contribution in [2.75, 3.05) is 26.4 Å². The van der Waals surface area contributed by atoms with Crippen molar-refractivity contribution < 1.29 is 9.47 Å². The van der Waals surface area contributed by atoms with Gasteiger partial charge >= 0.3 is 0 Å². The molecular formula is C9H17NO2. The molecule has 12 heavy (non-hydrogen) atoms. The smallest absolute Gasteiger partial charge is 0.0830 e. The molecular weight excluding hydrogens is 154 g/mol. The molecule has 1 unspecified atom stereocenters. The first-order valence-electron chi connectivity index (χ1n) is 4.63. The van der Waals surface area contributed by atoms with E-state index in [0.717, 1.165) is 32.8 Å². The first-order chi connectivity index (χ1) is 5.66. The lowest BCUT2D eigenvalue weighted by Crippen LogP contribution is -2.63. The Kier molecular flexibility index (Phi) is 1.90. The number of hydrogen-bond donors (Lipinski definition) is 1. The van der Waals surface area contributed by atoms with E-state index in [9.17, 15) is 0 Å². The van der Waals surface area contributed by atoms with Crippen molar-refractivity contribution in [3.8, 4) is 0 Å². The highest BCUT2D eigenvalue weighted by molar-refractivity contribution is 5.07. The quantitative estimate of drug-likeness (QED) is 0.577. The van der Waals surface area contributed by atoms with Gasteiger partial charge in [-0.2, -0.15) is 0 Å². The van der Waals surface area contributed by atoms with Gasteiger partial charge < -0.3 is 14.8 Å². The van der Waals surface area contributed by atoms with Crippen LogP contribution in [-0.4, -0.2) is 37.5 Å². The van der Waals surface area contributed by atoms with Gasteiger partial charge in [-0.15, -0.1) is 0 Å². The number of rotatable bonds is 0. The van der Waals surface area contributed by atoms with Gasteiger partial charge in [0, 0.05) is 13.2 Å². The van der Waals surface area contributed by atoms with Gasteiger partial charge in [-0.05, 0) is 20.3 Å². The molecule has 1 spiro atoms. The van der Waals surface area contributed by atoms with Gasteiger partial charge in [0.05, 0.1) is 24.4 Å². The monoisotopic (exact) mass is 171 g/mol. The fourth-order valence-electron chi connectivity index (χ4n) is 2.13. The van der Waals surface area contributed by atoms with Gasteiger partial charge in [0.15, 0.2) is 0 Å². The second-order valence-corrected chi connectivity index (χ2v) is 4.17. The van der Waals surface area contributed by atoms with Crippen molar-refractivity contribution in [2.45, 2.75) is 31.4 Å². The summed E-state index contributed by atoms with van der Waals surface area (Å²) in [6, 6.07) is 0. The fourth-order valence-corrected chi connectivity index (χ4v) is 2.13. The Morgan fingerprint density at radius 3 is 2.58 bits per heavy atom. The maximum absolute atomic E-state index is 5.69. The highest BCUT2D eigenvalue weighted by Gasteiger charge is 2.51. The van der Waals surface area contributed by atoms with Crippen molar-refractivity contribution in [1.29, 1.82) is 0 Å². The Balaban J connectivity index is 2.17. The molecule has 0 aliphatic carbocycles. The van der Waals surface area contributed by atoms with Crippen molar-refractivity contribution in [2.24, 2.45) is 0 Å². The predicted octanol–water partition coefficient (Wildman–Crippen LogP) is 0.544. The van der Waals surface area contributed by atoms with Crippen LogP contribution in [0.5, 0.6) is 0 Å². The third-order valence-corrected chi connectivity index (χ3v) is 3.20. The van der Waals surface area contributed by atoms with Gasteiger partial charge in [0.25, 0.3) is 0 Å². The summed E-state index contributed by atoms with van der Waals surface area (Å²) in [5.41, 5.74) is -0.00132. The molecule has 1 N–H and O–H groups in total. The molecule has 3 nitrogen and oxygen atoms in total. The maximum Gasteiger partial charge on any atom is 0.0830 e. The number of morpholine rings is 1. The Morgan fingerprint density at radius 2 is 2.08 bits per heavy atom. The van der Waals surface area contributed by atoms with Crippen LogP contribution in [0.3, 0.4) is 0 Å². The molecule has 1 atom stereocenters. The van der Waals surface area contributed by atoms with Crippen LogP contribution >= 0.6 is 0 Å². The van der Waals surface area contributed by atoms with Crippen molar-refractivity contribution in [1.82, 2.24) is 5.32 Å². The molecule has 0 bridgehead atoms. The summed E-state index contributed by atoms with van der Waals surface area (Å²) in [6.45, 7) is 7.71. The molecule has 2 heterocycles. The predicted molar refractivity (Wildman–Crippen MR) is 46.2 cm³/mol. The Labute approximate surface area is 73.4 Å². The van der Waals surface area contributed by atoms with E-state index in [1.54, 1.807) is 0 Å². The number of nitrogens with one attached hydrogen (secondary N) is 1. The van der Waals surface area contributed by atoms with Gasteiger partial charge in [0.2, 0.25) is 0 Å². The lowest BCUT2D eigenvalue weighted by Gasteiger charge is -2.43. The number of hydrogen-bond acceptors (Lipinski definition) is 3. The van der Waals surface area contributed by atoms with E-state index >= 15 is 0 Å². The van der Waals surface area contributed by atoms with Crippen LogP contribution < -0.4 is 5.32 Å². The van der Waals surface area contributed by atoms with E-state index in [4.69, 9.17) is 9.47 Å². The Hall–Kier alpha value is -0.120. The van der Waals surface area contributed by atoms with Gasteiger partial charge in [-0.3, -0.25) is 0 Å². The summed E-state index contributed by atoms with van der Waals surface area (Å²) < 4.78 is 11.2. The van der Waals surface area contributed by atoms with Crippen LogP contribution in [0, 0.1) is 0 Å². The van der Waals surface area contributed by atoms with Crippen LogP contribution in [0.15, 0.2) is 0 Å². The molecule has 0 amide bonds. The van der Waals surface area contributed by atoms with Crippen LogP contribution in [0.1, 0.15) is 20.3 Å². The van der Waals surface area contributed by atoms with Gasteiger partial charge in [-0.25, -0.2) is 0 Å². The Bertz CT molecular complexity index is 173. The average Bonchev–Trinajstić information content (AvgIpc) is 2.30. The second kappa shape index (κ2) is 2.69. The zero-order valence-electron chi connectivity index (χ0n) is 7.85. The lowest BCUT2D eigenvalue weighted by molar-refractivity contribution is -0.0655. The molecule has 2 aliphatic rings. The van der Waals surface area contributed by atoms with Crippen molar-refractivity contribution in [3.63, 3.8) is 0 Å². The summed E-state index contributed by atoms with van der Waals surface area (Å²) in [4.78, 5) is 0. The highest BCUT2D eigenvalue weighted by Crippen LogP contribution is 2.36. The molecule has 0 aromatic heterocycles. The molecule has 2 aliphatic heterocycles. The third-order valence-electron chi connectivity index (χ3n) is 3.20. The lowest BCUT2D eigenvalue weighted by atomic mass is 9.82. The first kappa shape index (κ1) is 8.48. The largest absolute Gasteiger partial charge is 0.378 e. The fraction of sp³-hybridized carbons (Fsp3) is 1.00. The zero-order chi connectivity index (χ0) is 8.66. The minimum absolute atomic E-state index is 0.0747. The molecule has 2 saturated heterocycles. The minimum atomic E-state index is -0.0760. The Morgan fingerprint density at radius 1 is 1.25 bits per heavy atom. The number of ether oxygens (including phenoxy) is 2. The summed E-state index contributed by atoms with van der Waals surface area (Å²) in [6.07, 6.45) is 1.07. The van der Waals surface area contributed by atoms with Crippen LogP contribution in [0.4, 0.5) is 0 Å². The van der Waals surface area contributed by atoms with Crippen LogP contribution in [0.2, 0.25) is 0 Å². The molecule has 3 heteroatoms. The molecule has 70 valence electrons. The third kappa shape index (κ3) is 1.08. The van der Waals surface area contributed by atoms with Gasteiger partial charge in [-0.1, -0.05) is 0 Å². The summed E-state index contributed by atoms with van der Waals surface area (Å²) >= 11 is 0. The van der Waals surface area contributed by atoms with Crippen molar-refractivity contribution in [3.05, 3.63) is 0 Å². The zero-order valence-corrected chi connectivity index (χ0v) is 7.85. The summed E-state index contributed by atoms with van der Waals surface area (Å²) in [7, 11) is 0. The van der Waals surface area contributed by atoms with E-state index in [-0.39, 0.29) is 11.1 Å². The molecule has 0 radical (unpaired) electrons. The molecule has 0 aromatic rings. The first-order valence-corrected chi connectivity index (χ1v) is 4.63. The maximum atomic E-state index is 5.69. The summed E-state index contributed by atoms with van der Waals surface area (Å²) in [5.74, 6) is 0. The second-order valence-electron chi connectivity index (χ2n) is 4.17. The summed E-state index contributed by atoms with van der Waals surface area (Å²) in [5, 5.41) is 3.53. The topological polar surface area (TPSA) is 30.5 Å². The van der Waals surface area contributed by atoms with E-state index in [0.29, 0.717) is 0 Å². The van der Waals surface area contributed by atoms with Crippen molar-refractivity contribution >= 4 is 0 Å². The van der Waals surface area contributed by atoms with Crippen LogP contribution in [-0.2, 0) is 9.47 Å². The van der Waals surface area contributed by atoms with E-state index in [2.05, 4.69) is 19.2 Å². The highest BCUT2D eigenvalue weighted by atomic mass is 16.5. The van der Waals surface area contributed by atoms with E-state index < -0.39 is 0 Å². The van der Waals surface area contributed by atoms with E-state index in [1.807, 2.05) is 0 Å². The standard InChI is InChI=1S/C9H17NO2/c1-8(2)9(3-5-12-8)7-11-6-4-10-9/h10H,3-7H2,1-2H3. The molecule has 0 aromatic carbocycles. The van der Waals surface area contributed by atoms with Gasteiger partial charge in [0.1, 0.15) is 0 Å². The molecule has 2 rings (SSSR count). The van der Waals surface area contributed by atoms with Crippen LogP contribution in [0.25, 0.3) is 0 Å².